The zero-order chi connectivity index (χ0) is 21.1. The van der Waals surface area contributed by atoms with Crippen molar-refractivity contribution in [2.45, 2.75) is 13.0 Å². The molecule has 4 rings (SSSR count). The molecule has 0 aliphatic carbocycles. The van der Waals surface area contributed by atoms with Gasteiger partial charge in [-0.2, -0.15) is 10.2 Å². The van der Waals surface area contributed by atoms with Crippen LogP contribution in [-0.2, 0) is 11.8 Å². The molecule has 30 heavy (non-hydrogen) atoms. The minimum atomic E-state index is -0.459. The number of carbonyl (C=O) groups is 2. The van der Waals surface area contributed by atoms with E-state index in [9.17, 15) is 9.59 Å². The van der Waals surface area contributed by atoms with Crippen LogP contribution in [-0.4, -0.2) is 36.4 Å². The van der Waals surface area contributed by atoms with Crippen LogP contribution in [0.2, 0.25) is 0 Å². The molecule has 0 spiro atoms. The van der Waals surface area contributed by atoms with E-state index in [1.165, 1.54) is 11.3 Å². The maximum atomic E-state index is 12.6. The van der Waals surface area contributed by atoms with E-state index in [0.29, 0.717) is 17.1 Å². The molecule has 9 nitrogen and oxygen atoms in total. The van der Waals surface area contributed by atoms with Crippen LogP contribution in [0.25, 0.3) is 10.6 Å². The van der Waals surface area contributed by atoms with E-state index in [1.54, 1.807) is 70.6 Å². The largest absolute Gasteiger partial charge is 0.324 e. The molecule has 0 fully saturated rings. The van der Waals surface area contributed by atoms with Gasteiger partial charge < -0.3 is 10.6 Å². The molecule has 152 valence electrons. The summed E-state index contributed by atoms with van der Waals surface area (Å²) in [4.78, 5) is 29.4. The van der Waals surface area contributed by atoms with Gasteiger partial charge in [0.2, 0.25) is 5.91 Å². The fourth-order valence-electron chi connectivity index (χ4n) is 2.79. The molecule has 0 aliphatic heterocycles. The number of anilines is 2. The van der Waals surface area contributed by atoms with Crippen molar-refractivity contribution in [3.05, 3.63) is 66.2 Å². The number of amides is 2. The van der Waals surface area contributed by atoms with Gasteiger partial charge in [0, 0.05) is 48.0 Å². The highest BCUT2D eigenvalue weighted by atomic mass is 32.1. The van der Waals surface area contributed by atoms with E-state index in [0.717, 1.165) is 10.6 Å². The fraction of sp³-hybridized carbons (Fsp3) is 0.150. The van der Waals surface area contributed by atoms with Crippen molar-refractivity contribution in [2.24, 2.45) is 7.05 Å². The van der Waals surface area contributed by atoms with Crippen LogP contribution in [0.15, 0.2) is 60.5 Å². The number of aromatic nitrogens is 5. The molecule has 4 aromatic rings. The van der Waals surface area contributed by atoms with Crippen LogP contribution in [0.4, 0.5) is 11.4 Å². The van der Waals surface area contributed by atoms with Crippen molar-refractivity contribution in [2.75, 3.05) is 10.6 Å². The van der Waals surface area contributed by atoms with E-state index in [-0.39, 0.29) is 11.8 Å². The van der Waals surface area contributed by atoms with Crippen molar-refractivity contribution < 1.29 is 9.59 Å². The molecule has 0 bridgehead atoms. The molecule has 0 saturated heterocycles. The number of aryl methyl sites for hydroxylation is 1. The number of nitrogens with zero attached hydrogens (tertiary/aromatic N) is 5. The summed E-state index contributed by atoms with van der Waals surface area (Å²) in [5, 5.41) is 16.3. The second-order valence-corrected chi connectivity index (χ2v) is 7.48. The Morgan fingerprint density at radius 2 is 1.93 bits per heavy atom. The predicted octanol–water partition coefficient (Wildman–Crippen LogP) is 3.19. The Kier molecular flexibility index (Phi) is 5.40. The molecule has 2 N–H and O–H groups in total. The highest BCUT2D eigenvalue weighted by Crippen LogP contribution is 2.24. The van der Waals surface area contributed by atoms with Gasteiger partial charge in [-0.25, -0.2) is 4.98 Å². The van der Waals surface area contributed by atoms with E-state index < -0.39 is 6.04 Å². The molecule has 10 heteroatoms. The summed E-state index contributed by atoms with van der Waals surface area (Å²) in [6, 6.07) is 8.26. The van der Waals surface area contributed by atoms with Gasteiger partial charge in [0.1, 0.15) is 16.7 Å². The lowest BCUT2D eigenvalue weighted by molar-refractivity contribution is -0.119. The Hall–Kier alpha value is -3.79. The number of hydrogen-bond donors (Lipinski definition) is 2. The Morgan fingerprint density at radius 1 is 1.13 bits per heavy atom. The summed E-state index contributed by atoms with van der Waals surface area (Å²) >= 11 is 1.38. The highest BCUT2D eigenvalue weighted by molar-refractivity contribution is 7.13. The van der Waals surface area contributed by atoms with Gasteiger partial charge in [0.15, 0.2) is 0 Å². The zero-order valence-corrected chi connectivity index (χ0v) is 17.1. The Balaban J connectivity index is 1.42. The van der Waals surface area contributed by atoms with E-state index in [1.807, 2.05) is 13.2 Å². The van der Waals surface area contributed by atoms with Crippen LogP contribution in [0.3, 0.4) is 0 Å². The van der Waals surface area contributed by atoms with Crippen molar-refractivity contribution in [3.63, 3.8) is 0 Å². The Bertz CT molecular complexity index is 1180. The van der Waals surface area contributed by atoms with Crippen LogP contribution in [0.1, 0.15) is 23.5 Å². The van der Waals surface area contributed by atoms with Gasteiger partial charge in [0.25, 0.3) is 5.91 Å². The summed E-state index contributed by atoms with van der Waals surface area (Å²) in [5.74, 6) is -0.530. The molecular formula is C20H19N7O2S. The maximum absolute atomic E-state index is 12.6. The summed E-state index contributed by atoms with van der Waals surface area (Å²) in [7, 11) is 1.83. The van der Waals surface area contributed by atoms with Crippen molar-refractivity contribution in [1.82, 2.24) is 24.5 Å². The highest BCUT2D eigenvalue weighted by Gasteiger charge is 2.16. The average Bonchev–Trinajstić information content (AvgIpc) is 3.49. The first-order chi connectivity index (χ1) is 14.5. The van der Waals surface area contributed by atoms with Crippen LogP contribution < -0.4 is 10.6 Å². The molecule has 2 amide bonds. The second-order valence-electron chi connectivity index (χ2n) is 6.63. The molecule has 3 heterocycles. The van der Waals surface area contributed by atoms with Crippen molar-refractivity contribution in [1.29, 1.82) is 0 Å². The molecule has 0 saturated carbocycles. The predicted molar refractivity (Wildman–Crippen MR) is 114 cm³/mol. The van der Waals surface area contributed by atoms with E-state index >= 15 is 0 Å². The van der Waals surface area contributed by atoms with Gasteiger partial charge in [-0.05, 0) is 31.2 Å². The number of hydrogen-bond acceptors (Lipinski definition) is 6. The maximum Gasteiger partial charge on any atom is 0.275 e. The molecule has 0 aliphatic rings. The Labute approximate surface area is 176 Å². The van der Waals surface area contributed by atoms with Crippen molar-refractivity contribution in [3.8, 4) is 10.6 Å². The van der Waals surface area contributed by atoms with Gasteiger partial charge in [-0.3, -0.25) is 19.0 Å². The summed E-state index contributed by atoms with van der Waals surface area (Å²) < 4.78 is 3.26. The first-order valence-corrected chi connectivity index (χ1v) is 10.0. The topological polar surface area (TPSA) is 107 Å². The second kappa shape index (κ2) is 8.29. The third-order valence-electron chi connectivity index (χ3n) is 4.38. The molecule has 1 atom stereocenters. The smallest absolute Gasteiger partial charge is 0.275 e. The molecule has 1 aromatic carbocycles. The number of benzene rings is 1. The van der Waals surface area contributed by atoms with Gasteiger partial charge in [-0.15, -0.1) is 11.3 Å². The minimum absolute atomic E-state index is 0.206. The zero-order valence-electron chi connectivity index (χ0n) is 16.3. The van der Waals surface area contributed by atoms with Crippen LogP contribution in [0, 0.1) is 0 Å². The van der Waals surface area contributed by atoms with Crippen LogP contribution in [0.5, 0.6) is 0 Å². The average molecular weight is 421 g/mol. The first kappa shape index (κ1) is 19.5. The summed E-state index contributed by atoms with van der Waals surface area (Å²) in [5.41, 5.74) is 2.31. The molecule has 0 radical (unpaired) electrons. The SMILES string of the molecule is CC(C(=O)Nc1cccc(NC(=O)c2csc(-c3cnn(C)c3)n2)c1)n1cccn1. The number of thiazole rings is 1. The lowest BCUT2D eigenvalue weighted by Crippen LogP contribution is -2.24. The summed E-state index contributed by atoms with van der Waals surface area (Å²) in [6.07, 6.45) is 6.90. The van der Waals surface area contributed by atoms with Gasteiger partial charge >= 0.3 is 0 Å². The Morgan fingerprint density at radius 3 is 2.63 bits per heavy atom. The fourth-order valence-corrected chi connectivity index (χ4v) is 3.56. The number of nitrogens with one attached hydrogen (secondary N) is 2. The van der Waals surface area contributed by atoms with Gasteiger partial charge in [0.05, 0.1) is 6.20 Å². The minimum Gasteiger partial charge on any atom is -0.324 e. The quantitative estimate of drug-likeness (QED) is 0.497. The monoisotopic (exact) mass is 421 g/mol. The third-order valence-corrected chi connectivity index (χ3v) is 5.27. The molecule has 3 aromatic heterocycles. The molecular weight excluding hydrogens is 402 g/mol. The lowest BCUT2D eigenvalue weighted by atomic mass is 10.2. The standard InChI is InChI=1S/C20H19N7O2S/c1-13(27-8-4-7-21-27)18(28)23-15-5-3-6-16(9-15)24-19(29)17-12-30-20(25-17)14-10-22-26(2)11-14/h3-13H,1-2H3,(H,23,28)(H,24,29). The van der Waals surface area contributed by atoms with E-state index in [4.69, 9.17) is 0 Å². The van der Waals surface area contributed by atoms with Gasteiger partial charge in [-0.1, -0.05) is 6.07 Å². The van der Waals surface area contributed by atoms with Crippen molar-refractivity contribution >= 4 is 34.5 Å². The lowest BCUT2D eigenvalue weighted by Gasteiger charge is -2.13. The van der Waals surface area contributed by atoms with E-state index in [2.05, 4.69) is 25.8 Å². The third kappa shape index (κ3) is 4.28. The summed E-state index contributed by atoms with van der Waals surface area (Å²) in [6.45, 7) is 1.76. The first-order valence-electron chi connectivity index (χ1n) is 9.15. The number of rotatable bonds is 6. The number of carbonyl (C=O) groups excluding carboxylic acids is 2. The normalized spacial score (nSPS) is 11.8. The van der Waals surface area contributed by atoms with Crippen LogP contribution >= 0.6 is 11.3 Å². The molecule has 1 unspecified atom stereocenters.